The van der Waals surface area contributed by atoms with Crippen molar-refractivity contribution in [3.63, 3.8) is 0 Å². The average molecular weight is 245 g/mol. The zero-order chi connectivity index (χ0) is 11.8. The molecule has 3 aromatic rings. The van der Waals surface area contributed by atoms with E-state index in [1.807, 2.05) is 16.8 Å². The maximum atomic E-state index is 11.0. The molecule has 0 amide bonds. The number of aromatic carboxylic acids is 1. The van der Waals surface area contributed by atoms with E-state index in [1.165, 1.54) is 12.3 Å². The molecule has 2 N–H and O–H groups in total. The van der Waals surface area contributed by atoms with Crippen molar-refractivity contribution in [3.05, 3.63) is 34.7 Å². The summed E-state index contributed by atoms with van der Waals surface area (Å²) in [7, 11) is 0. The number of nitrogens with one attached hydrogen (secondary N) is 1. The van der Waals surface area contributed by atoms with Crippen LogP contribution in [0.15, 0.2) is 29.1 Å². The lowest BCUT2D eigenvalue weighted by molar-refractivity contribution is 0.0699. The maximum absolute atomic E-state index is 11.0. The van der Waals surface area contributed by atoms with Crippen molar-refractivity contribution in [1.82, 2.24) is 15.0 Å². The molecule has 0 unspecified atom stereocenters. The van der Waals surface area contributed by atoms with Crippen molar-refractivity contribution >= 4 is 28.5 Å². The summed E-state index contributed by atoms with van der Waals surface area (Å²) >= 11 is 1.56. The number of H-pyrrole nitrogens is 1. The summed E-state index contributed by atoms with van der Waals surface area (Å²) in [6.07, 6.45) is 1.45. The predicted molar refractivity (Wildman–Crippen MR) is 64.2 cm³/mol. The van der Waals surface area contributed by atoms with Crippen molar-refractivity contribution in [2.24, 2.45) is 0 Å². The van der Waals surface area contributed by atoms with Gasteiger partial charge in [-0.2, -0.15) is 11.3 Å². The number of rotatable bonds is 2. The minimum atomic E-state index is -0.988. The van der Waals surface area contributed by atoms with Gasteiger partial charge in [-0.05, 0) is 17.5 Å². The lowest BCUT2D eigenvalue weighted by atomic mass is 10.2. The molecule has 0 fully saturated rings. The van der Waals surface area contributed by atoms with E-state index in [2.05, 4.69) is 15.0 Å². The lowest BCUT2D eigenvalue weighted by Crippen LogP contribution is -1.97. The molecule has 0 saturated carbocycles. The highest BCUT2D eigenvalue weighted by molar-refractivity contribution is 7.08. The largest absolute Gasteiger partial charge is 0.478 e. The summed E-state index contributed by atoms with van der Waals surface area (Å²) in [5, 5.41) is 12.9. The Hall–Kier alpha value is -2.21. The number of carboxylic acid groups (broad SMARTS) is 1. The normalized spacial score (nSPS) is 10.8. The highest BCUT2D eigenvalue weighted by atomic mass is 32.1. The van der Waals surface area contributed by atoms with E-state index < -0.39 is 5.97 Å². The van der Waals surface area contributed by atoms with E-state index in [-0.39, 0.29) is 5.56 Å². The second-order valence-electron chi connectivity index (χ2n) is 3.46. The van der Waals surface area contributed by atoms with Crippen LogP contribution in [0.5, 0.6) is 0 Å². The third-order valence-electron chi connectivity index (χ3n) is 2.42. The number of fused-ring (bicyclic) bond motifs is 1. The van der Waals surface area contributed by atoms with Gasteiger partial charge in [-0.3, -0.25) is 0 Å². The van der Waals surface area contributed by atoms with Crippen molar-refractivity contribution in [1.29, 1.82) is 0 Å². The molecule has 0 bridgehead atoms. The average Bonchev–Trinajstić information content (AvgIpc) is 2.96. The minimum Gasteiger partial charge on any atom is -0.478 e. The number of carboxylic acids is 1. The summed E-state index contributed by atoms with van der Waals surface area (Å²) in [5.41, 5.74) is 2.00. The molecule has 6 heteroatoms. The number of hydrogen-bond donors (Lipinski definition) is 2. The smallest absolute Gasteiger partial charge is 0.338 e. The van der Waals surface area contributed by atoms with Gasteiger partial charge in [0, 0.05) is 17.1 Å². The number of carbonyl (C=O) groups is 1. The number of hydrogen-bond acceptors (Lipinski definition) is 4. The molecule has 84 valence electrons. The van der Waals surface area contributed by atoms with Crippen LogP contribution in [-0.2, 0) is 0 Å². The summed E-state index contributed by atoms with van der Waals surface area (Å²) < 4.78 is 0. The fourth-order valence-electron chi connectivity index (χ4n) is 1.63. The van der Waals surface area contributed by atoms with Crippen molar-refractivity contribution < 1.29 is 9.90 Å². The van der Waals surface area contributed by atoms with E-state index in [0.717, 1.165) is 5.56 Å². The van der Waals surface area contributed by atoms with Crippen molar-refractivity contribution in [2.75, 3.05) is 0 Å². The fourth-order valence-corrected chi connectivity index (χ4v) is 2.27. The molecule has 0 aliphatic heterocycles. The van der Waals surface area contributed by atoms with Crippen LogP contribution in [-0.4, -0.2) is 26.0 Å². The summed E-state index contributed by atoms with van der Waals surface area (Å²) in [6.45, 7) is 0. The molecule has 3 rings (SSSR count). The van der Waals surface area contributed by atoms with E-state index in [9.17, 15) is 4.79 Å². The minimum absolute atomic E-state index is 0.184. The summed E-state index contributed by atoms with van der Waals surface area (Å²) in [6, 6.07) is 3.38. The lowest BCUT2D eigenvalue weighted by Gasteiger charge is -1.93. The first kappa shape index (κ1) is 9.98. The predicted octanol–water partition coefficient (Wildman–Crippen LogP) is 2.38. The van der Waals surface area contributed by atoms with Gasteiger partial charge in [0.1, 0.15) is 5.82 Å². The Balaban J connectivity index is 2.26. The summed E-state index contributed by atoms with van der Waals surface area (Å²) in [4.78, 5) is 22.4. The molecular formula is C11H7N3O2S. The number of aromatic amines is 1. The standard InChI is InChI=1S/C11H7N3O2S/c15-11(16)7-1-3-12-10-8(7)13-9(14-10)6-2-4-17-5-6/h1-5H,(H,15,16)(H,12,13,14). The molecule has 0 saturated heterocycles. The highest BCUT2D eigenvalue weighted by Crippen LogP contribution is 2.23. The molecule has 0 aliphatic rings. The SMILES string of the molecule is O=C(O)c1ccnc2nc(-c3ccsc3)[nH]c12. The second-order valence-corrected chi connectivity index (χ2v) is 4.24. The number of pyridine rings is 1. The Labute approximate surface area is 99.8 Å². The van der Waals surface area contributed by atoms with E-state index >= 15 is 0 Å². The van der Waals surface area contributed by atoms with Crippen LogP contribution in [0.1, 0.15) is 10.4 Å². The Morgan fingerprint density at radius 1 is 1.41 bits per heavy atom. The third-order valence-corrected chi connectivity index (χ3v) is 3.10. The van der Waals surface area contributed by atoms with Gasteiger partial charge < -0.3 is 10.1 Å². The molecule has 0 radical (unpaired) electrons. The molecular weight excluding hydrogens is 238 g/mol. The Morgan fingerprint density at radius 3 is 3.00 bits per heavy atom. The van der Waals surface area contributed by atoms with Crippen LogP contribution in [0, 0.1) is 0 Å². The van der Waals surface area contributed by atoms with Crippen LogP contribution in [0.4, 0.5) is 0 Å². The molecule has 5 nitrogen and oxygen atoms in total. The Kier molecular flexibility index (Phi) is 2.15. The van der Waals surface area contributed by atoms with Gasteiger partial charge >= 0.3 is 5.97 Å². The van der Waals surface area contributed by atoms with Gasteiger partial charge in [0.15, 0.2) is 5.65 Å². The maximum Gasteiger partial charge on any atom is 0.338 e. The van der Waals surface area contributed by atoms with Crippen LogP contribution >= 0.6 is 11.3 Å². The second kappa shape index (κ2) is 3.67. The molecule has 3 heterocycles. The zero-order valence-corrected chi connectivity index (χ0v) is 9.36. The Bertz CT molecular complexity index is 688. The van der Waals surface area contributed by atoms with Crippen molar-refractivity contribution in [3.8, 4) is 11.4 Å². The first-order valence-corrected chi connectivity index (χ1v) is 5.80. The van der Waals surface area contributed by atoms with Gasteiger partial charge in [-0.25, -0.2) is 14.8 Å². The molecule has 0 aromatic carbocycles. The van der Waals surface area contributed by atoms with E-state index in [4.69, 9.17) is 5.11 Å². The number of imidazole rings is 1. The van der Waals surface area contributed by atoms with Crippen molar-refractivity contribution in [2.45, 2.75) is 0 Å². The van der Waals surface area contributed by atoms with E-state index in [0.29, 0.717) is 17.0 Å². The third kappa shape index (κ3) is 1.58. The molecule has 3 aromatic heterocycles. The monoisotopic (exact) mass is 245 g/mol. The van der Waals surface area contributed by atoms with Crippen LogP contribution in [0.25, 0.3) is 22.6 Å². The number of thiophene rings is 1. The molecule has 0 spiro atoms. The van der Waals surface area contributed by atoms with Crippen LogP contribution in [0.2, 0.25) is 0 Å². The van der Waals surface area contributed by atoms with Gasteiger partial charge in [0.2, 0.25) is 0 Å². The van der Waals surface area contributed by atoms with Gasteiger partial charge in [0.25, 0.3) is 0 Å². The fraction of sp³-hybridized carbons (Fsp3) is 0. The quantitative estimate of drug-likeness (QED) is 0.726. The van der Waals surface area contributed by atoms with Gasteiger partial charge in [0.05, 0.1) is 11.1 Å². The molecule has 0 atom stereocenters. The first-order valence-electron chi connectivity index (χ1n) is 4.86. The van der Waals surface area contributed by atoms with Crippen LogP contribution in [0.3, 0.4) is 0 Å². The van der Waals surface area contributed by atoms with Gasteiger partial charge in [-0.1, -0.05) is 0 Å². The van der Waals surface area contributed by atoms with Crippen LogP contribution < -0.4 is 0 Å². The van der Waals surface area contributed by atoms with E-state index in [1.54, 1.807) is 11.3 Å². The Morgan fingerprint density at radius 2 is 2.29 bits per heavy atom. The highest BCUT2D eigenvalue weighted by Gasteiger charge is 2.13. The first-order chi connectivity index (χ1) is 8.25. The molecule has 0 aliphatic carbocycles. The number of aromatic nitrogens is 3. The number of nitrogens with zero attached hydrogens (tertiary/aromatic N) is 2. The van der Waals surface area contributed by atoms with Gasteiger partial charge in [-0.15, -0.1) is 0 Å². The zero-order valence-electron chi connectivity index (χ0n) is 8.54. The summed E-state index contributed by atoms with van der Waals surface area (Å²) in [5.74, 6) is -0.347. The molecule has 17 heavy (non-hydrogen) atoms. The topological polar surface area (TPSA) is 78.9 Å².